The molecule has 4 aliphatic heterocycles. The Morgan fingerprint density at radius 3 is 1.35 bits per heavy atom. The van der Waals surface area contributed by atoms with Crippen LogP contribution in [0.15, 0.2) is 195 Å². The van der Waals surface area contributed by atoms with E-state index in [2.05, 4.69) is 133 Å². The second-order valence-electron chi connectivity index (χ2n) is 27.5. The summed E-state index contributed by atoms with van der Waals surface area (Å²) in [5.41, 5.74) is 35.7. The molecule has 0 aliphatic carbocycles. The topological polar surface area (TPSA) is 368 Å². The minimum atomic E-state index is -0.451. The lowest BCUT2D eigenvalue weighted by atomic mass is 9.99. The number of likely N-dealkylation sites (N-methyl/N-ethyl adjacent to an activating group) is 1. The van der Waals surface area contributed by atoms with Crippen LogP contribution in [0.3, 0.4) is 0 Å². The number of benzene rings is 6. The Bertz CT molecular complexity index is 5240. The van der Waals surface area contributed by atoms with Crippen molar-refractivity contribution >= 4 is 111 Å². The monoisotopic (exact) mass is 1600 g/mol. The maximum atomic E-state index is 12.4. The summed E-state index contributed by atoms with van der Waals surface area (Å²) < 4.78 is 21.6. The lowest BCUT2D eigenvalue weighted by molar-refractivity contribution is 0.0980. The summed E-state index contributed by atoms with van der Waals surface area (Å²) >= 11 is 25.2. The van der Waals surface area contributed by atoms with Gasteiger partial charge in [0.25, 0.3) is 30.0 Å². The Morgan fingerprint density at radius 2 is 0.876 bits per heavy atom. The van der Waals surface area contributed by atoms with E-state index in [-0.39, 0.29) is 83.4 Å². The largest absolute Gasteiger partial charge is 0.432 e. The van der Waals surface area contributed by atoms with Crippen LogP contribution in [-0.2, 0) is 25.8 Å². The normalized spacial score (nSPS) is 14.7. The van der Waals surface area contributed by atoms with Crippen LogP contribution in [0.4, 0.5) is 41.3 Å². The Balaban J connectivity index is 0.000000132. The van der Waals surface area contributed by atoms with Crippen LogP contribution >= 0.6 is 46.4 Å². The number of hydrogen-bond acceptors (Lipinski definition) is 25. The van der Waals surface area contributed by atoms with Gasteiger partial charge in [-0.15, -0.1) is 0 Å². The van der Waals surface area contributed by atoms with Crippen molar-refractivity contribution in [3.05, 3.63) is 242 Å². The maximum absolute atomic E-state index is 12.4. The second-order valence-corrected chi connectivity index (χ2v) is 29.2. The highest BCUT2D eigenvalue weighted by atomic mass is 35.5. The third-order valence-corrected chi connectivity index (χ3v) is 21.1. The van der Waals surface area contributed by atoms with Gasteiger partial charge in [0.2, 0.25) is 0 Å². The van der Waals surface area contributed by atoms with Crippen molar-refractivity contribution in [1.29, 1.82) is 0 Å². The Morgan fingerprint density at radius 1 is 0.451 bits per heavy atom. The van der Waals surface area contributed by atoms with E-state index >= 15 is 0 Å². The predicted octanol–water partition coefficient (Wildman–Crippen LogP) is 12.9. The molecule has 0 unspecified atom stereocenters. The van der Waals surface area contributed by atoms with E-state index in [1.165, 1.54) is 36.3 Å². The van der Waals surface area contributed by atoms with Crippen molar-refractivity contribution in [2.45, 2.75) is 44.7 Å². The first-order valence-corrected chi connectivity index (χ1v) is 38.4. The number of pyridine rings is 1. The number of nitrogens with one attached hydrogen (secondary N) is 4. The number of hydrogen-bond donors (Lipinski definition) is 8. The molecule has 6 aromatic heterocycles. The standard InChI is InChI=1S/C22H23ClN4O2.C21H21ClN4O2.C20H21ClN6O2.C19H20ClN5O2/c23-19-6-5-17(11-18(19)12-21(28)20-14-29-22(24)26-20)16-3-1-15(2-4-16)13-27-9-7-25-8-10-27;22-18-6-3-15(11-16(18)12-20(27)19-13-28-21(23)25-19)14-1-4-17(5-2-14)26-9-7-24-8-10-26;1-26-6-8-27(9-7-26)18-5-3-14(11-23-18)13-2-4-15(21)16(10-13)24-19(28)17-12-29-20(22)25-17;20-16-2-1-12(7-13(16)8-18(26)17-11-27-19(21)24-17)14-9-23-25(10-14)15-3-5-22-6-4-15/h1-6,11,14,25H,7-10,12-13H2,(H2,24,26);1-6,11,13,24H,7-10,12H2,(H2,23,25);2-5,10-12H,6-9H2,1H3,(H2,22,25)(H,24,28);1-2,7,9-11,15,22H,3-6,8H2,(H2,21,24). The average Bonchev–Trinajstić information content (AvgIpc) is 0.996. The number of nitrogens with zero attached hydrogens (tertiary/aromatic N) is 11. The number of oxazole rings is 4. The molecule has 31 heteroatoms. The second kappa shape index (κ2) is 37.9. The molecule has 0 radical (unpaired) electrons. The van der Waals surface area contributed by atoms with E-state index in [1.807, 2.05) is 83.8 Å². The minimum absolute atomic E-state index is 0.0193. The zero-order valence-electron chi connectivity index (χ0n) is 62.0. The van der Waals surface area contributed by atoms with Gasteiger partial charge in [-0.1, -0.05) is 107 Å². The number of piperidine rings is 1. The third-order valence-electron chi connectivity index (χ3n) is 19.7. The summed E-state index contributed by atoms with van der Waals surface area (Å²) in [5.74, 6) is -0.0506. The van der Waals surface area contributed by atoms with Crippen molar-refractivity contribution in [1.82, 2.24) is 60.5 Å². The molecule has 10 heterocycles. The van der Waals surface area contributed by atoms with Crippen molar-refractivity contribution in [3.63, 3.8) is 0 Å². The number of nitrogens with two attached hydrogens (primary N) is 4. The van der Waals surface area contributed by atoms with Crippen LogP contribution in [-0.4, -0.2) is 166 Å². The molecular formula is C82H85Cl4N19O8. The molecule has 584 valence electrons. The number of anilines is 7. The molecule has 4 aliphatic rings. The number of aromatic nitrogens is 7. The molecule has 0 spiro atoms. The Labute approximate surface area is 672 Å². The summed E-state index contributed by atoms with van der Waals surface area (Å²) in [6.07, 6.45) is 13.3. The first-order valence-electron chi connectivity index (χ1n) is 36.9. The summed E-state index contributed by atoms with van der Waals surface area (Å²) in [6.45, 7) is 15.3. The molecule has 0 saturated carbocycles. The zero-order chi connectivity index (χ0) is 78.9. The molecule has 113 heavy (non-hydrogen) atoms. The highest BCUT2D eigenvalue weighted by molar-refractivity contribution is 6.34. The van der Waals surface area contributed by atoms with Gasteiger partial charge in [-0.3, -0.25) is 28.8 Å². The van der Waals surface area contributed by atoms with E-state index in [0.717, 1.165) is 178 Å². The fourth-order valence-corrected chi connectivity index (χ4v) is 14.1. The van der Waals surface area contributed by atoms with Crippen molar-refractivity contribution in [2.75, 3.05) is 137 Å². The molecule has 27 nitrogen and oxygen atoms in total. The predicted molar refractivity (Wildman–Crippen MR) is 441 cm³/mol. The highest BCUT2D eigenvalue weighted by Gasteiger charge is 2.23. The number of piperazine rings is 3. The minimum Gasteiger partial charge on any atom is -0.432 e. The summed E-state index contributed by atoms with van der Waals surface area (Å²) in [6, 6.07) is 43.9. The fraction of sp³-hybridized carbons (Fsp3) is 0.268. The van der Waals surface area contributed by atoms with E-state index in [0.29, 0.717) is 31.8 Å². The van der Waals surface area contributed by atoms with E-state index in [4.69, 9.17) is 87.0 Å². The highest BCUT2D eigenvalue weighted by Crippen LogP contribution is 2.34. The quantitative estimate of drug-likeness (QED) is 0.0329. The number of nitrogen functional groups attached to an aromatic ring is 4. The number of Topliss-reactive ketones (excluding diaryl/α,β-unsaturated/α-hetero) is 3. The number of ketones is 3. The Kier molecular flexibility index (Phi) is 26.7. The van der Waals surface area contributed by atoms with Crippen molar-refractivity contribution in [2.24, 2.45) is 0 Å². The van der Waals surface area contributed by atoms with E-state index in [1.54, 1.807) is 18.2 Å². The van der Waals surface area contributed by atoms with Gasteiger partial charge in [-0.25, -0.2) is 4.98 Å². The SMILES string of the molecule is CN1CCN(c2ccc(-c3ccc(Cl)c(NC(=O)c4coc(N)n4)c3)cn2)CC1.Nc1nc(C(=O)Cc2cc(-c3ccc(CN4CCNCC4)cc3)ccc2Cl)co1.Nc1nc(C(=O)Cc2cc(-c3ccc(N4CCNCC4)cc3)ccc2Cl)co1.Nc1nc(C(=O)Cc2cc(-c3cnn(C4CCNCC4)c3)ccc2Cl)co1. The number of amides is 1. The van der Waals surface area contributed by atoms with Crippen LogP contribution in [0.5, 0.6) is 0 Å². The van der Waals surface area contributed by atoms with Gasteiger partial charge in [0.1, 0.15) is 48.0 Å². The molecular weight excluding hydrogens is 1520 g/mol. The molecule has 16 rings (SSSR count). The molecule has 0 bridgehead atoms. The first-order chi connectivity index (χ1) is 54.8. The van der Waals surface area contributed by atoms with Crippen LogP contribution < -0.4 is 54.0 Å². The van der Waals surface area contributed by atoms with Gasteiger partial charge >= 0.3 is 0 Å². The summed E-state index contributed by atoms with van der Waals surface area (Å²) in [5, 5.41) is 19.4. The van der Waals surface area contributed by atoms with Gasteiger partial charge in [0.05, 0.1) is 22.9 Å². The smallest absolute Gasteiger partial charge is 0.292 e. The van der Waals surface area contributed by atoms with Gasteiger partial charge in [0.15, 0.2) is 23.0 Å². The molecule has 12 aromatic rings. The van der Waals surface area contributed by atoms with Crippen LogP contribution in [0.1, 0.15) is 83.1 Å². The Hall–Kier alpha value is -11.2. The zero-order valence-corrected chi connectivity index (χ0v) is 65.0. The van der Waals surface area contributed by atoms with Crippen LogP contribution in [0.2, 0.25) is 20.1 Å². The first kappa shape index (κ1) is 79.8. The van der Waals surface area contributed by atoms with Gasteiger partial charge in [0, 0.05) is 149 Å². The number of halogens is 4. The van der Waals surface area contributed by atoms with Gasteiger partial charge in [-0.2, -0.15) is 25.0 Å². The van der Waals surface area contributed by atoms with Gasteiger partial charge in [-0.05, 0) is 161 Å². The number of carbonyl (C=O) groups is 4. The average molecular weight is 1610 g/mol. The lowest BCUT2D eigenvalue weighted by Gasteiger charge is -2.33. The molecule has 6 aromatic carbocycles. The maximum Gasteiger partial charge on any atom is 0.292 e. The summed E-state index contributed by atoms with van der Waals surface area (Å²) in [4.78, 5) is 79.0. The van der Waals surface area contributed by atoms with E-state index < -0.39 is 5.91 Å². The van der Waals surface area contributed by atoms with Gasteiger partial charge < -0.3 is 76.6 Å². The number of rotatable bonds is 20. The molecule has 0 atom stereocenters. The fourth-order valence-electron chi connectivity index (χ4n) is 13.3. The van der Waals surface area contributed by atoms with Crippen molar-refractivity contribution < 1.29 is 36.8 Å². The van der Waals surface area contributed by atoms with Crippen LogP contribution in [0.25, 0.3) is 44.5 Å². The third kappa shape index (κ3) is 21.5. The lowest BCUT2D eigenvalue weighted by Crippen LogP contribution is -2.44. The summed E-state index contributed by atoms with van der Waals surface area (Å²) in [7, 11) is 2.13. The molecule has 1 amide bonds. The van der Waals surface area contributed by atoms with E-state index in [9.17, 15) is 19.2 Å². The molecule has 12 N–H and O–H groups in total. The molecule has 4 saturated heterocycles. The van der Waals surface area contributed by atoms with Crippen molar-refractivity contribution in [3.8, 4) is 44.5 Å². The molecule has 4 fully saturated rings. The number of carbonyl (C=O) groups excluding carboxylic acids is 4. The van der Waals surface area contributed by atoms with Crippen LogP contribution in [0, 0.1) is 0 Å².